The zero-order valence-electron chi connectivity index (χ0n) is 8.01. The Morgan fingerprint density at radius 2 is 2.00 bits per heavy atom. The van der Waals surface area contributed by atoms with Crippen molar-refractivity contribution in [3.63, 3.8) is 0 Å². The molecule has 0 aromatic rings. The van der Waals surface area contributed by atoms with Crippen molar-refractivity contribution in [1.82, 2.24) is 0 Å². The fraction of sp³-hybridized carbons (Fsp3) is 0.800. The third-order valence-electron chi connectivity index (χ3n) is 2.32. The van der Waals surface area contributed by atoms with E-state index in [1.165, 1.54) is 0 Å². The Bertz CT molecular complexity index is 107. The van der Waals surface area contributed by atoms with Crippen molar-refractivity contribution in [3.05, 3.63) is 12.7 Å². The lowest BCUT2D eigenvalue weighted by atomic mass is 9.85. The second kappa shape index (κ2) is 5.36. The first kappa shape index (κ1) is 10.7. The van der Waals surface area contributed by atoms with Crippen LogP contribution in [0.5, 0.6) is 0 Å². The third kappa shape index (κ3) is 3.57. The number of allylic oxidation sites excluding steroid dienone is 1. The molecule has 2 unspecified atom stereocenters. The van der Waals surface area contributed by atoms with Gasteiger partial charge in [0.2, 0.25) is 0 Å². The molecule has 1 heteroatoms. The molecule has 2 atom stereocenters. The fourth-order valence-electron chi connectivity index (χ4n) is 1.44. The van der Waals surface area contributed by atoms with Gasteiger partial charge in [-0.2, -0.15) is 0 Å². The van der Waals surface area contributed by atoms with Crippen LogP contribution in [0.25, 0.3) is 0 Å². The molecule has 0 radical (unpaired) electrons. The van der Waals surface area contributed by atoms with Crippen molar-refractivity contribution in [2.45, 2.75) is 39.7 Å². The molecule has 0 fully saturated rings. The standard InChI is InChI=1S/C10H21N/c1-5-7-9(8(3)4)10(11)6-2/h5,8-10H,1,6-7,11H2,2-4H3. The summed E-state index contributed by atoms with van der Waals surface area (Å²) in [5.41, 5.74) is 5.96. The molecule has 0 aromatic carbocycles. The van der Waals surface area contributed by atoms with E-state index in [1.807, 2.05) is 6.08 Å². The predicted molar refractivity (Wildman–Crippen MR) is 51.4 cm³/mol. The van der Waals surface area contributed by atoms with Gasteiger partial charge in [-0.1, -0.05) is 26.8 Å². The van der Waals surface area contributed by atoms with E-state index in [9.17, 15) is 0 Å². The summed E-state index contributed by atoms with van der Waals surface area (Å²) in [6.07, 6.45) is 4.09. The highest BCUT2D eigenvalue weighted by atomic mass is 14.6. The van der Waals surface area contributed by atoms with Crippen molar-refractivity contribution in [2.75, 3.05) is 0 Å². The smallest absolute Gasteiger partial charge is 0.00699 e. The molecule has 0 heterocycles. The second-order valence-corrected chi connectivity index (χ2v) is 3.50. The van der Waals surface area contributed by atoms with Gasteiger partial charge in [0.15, 0.2) is 0 Å². The fourth-order valence-corrected chi connectivity index (χ4v) is 1.44. The molecule has 0 aliphatic carbocycles. The van der Waals surface area contributed by atoms with Crippen LogP contribution in [0, 0.1) is 11.8 Å². The van der Waals surface area contributed by atoms with Crippen LogP contribution in [-0.4, -0.2) is 6.04 Å². The van der Waals surface area contributed by atoms with Gasteiger partial charge in [0.25, 0.3) is 0 Å². The molecule has 1 nitrogen and oxygen atoms in total. The zero-order chi connectivity index (χ0) is 8.85. The average Bonchev–Trinajstić information content (AvgIpc) is 1.98. The van der Waals surface area contributed by atoms with E-state index in [0.717, 1.165) is 12.8 Å². The van der Waals surface area contributed by atoms with Crippen LogP contribution in [-0.2, 0) is 0 Å². The lowest BCUT2D eigenvalue weighted by Crippen LogP contribution is -2.32. The van der Waals surface area contributed by atoms with E-state index in [0.29, 0.717) is 17.9 Å². The van der Waals surface area contributed by atoms with Gasteiger partial charge in [-0.25, -0.2) is 0 Å². The second-order valence-electron chi connectivity index (χ2n) is 3.50. The third-order valence-corrected chi connectivity index (χ3v) is 2.32. The number of nitrogens with two attached hydrogens (primary N) is 1. The largest absolute Gasteiger partial charge is 0.327 e. The SMILES string of the molecule is C=CCC(C(C)C)C(N)CC. The van der Waals surface area contributed by atoms with Crippen molar-refractivity contribution >= 4 is 0 Å². The first-order valence-corrected chi connectivity index (χ1v) is 4.49. The quantitative estimate of drug-likeness (QED) is 0.607. The first-order chi connectivity index (χ1) is 5.13. The minimum absolute atomic E-state index is 0.341. The van der Waals surface area contributed by atoms with Crippen molar-refractivity contribution in [1.29, 1.82) is 0 Å². The van der Waals surface area contributed by atoms with Gasteiger partial charge in [0, 0.05) is 6.04 Å². The minimum Gasteiger partial charge on any atom is -0.327 e. The van der Waals surface area contributed by atoms with E-state index >= 15 is 0 Å². The van der Waals surface area contributed by atoms with Crippen LogP contribution in [0.2, 0.25) is 0 Å². The number of rotatable bonds is 5. The summed E-state index contributed by atoms with van der Waals surface area (Å²) in [4.78, 5) is 0. The average molecular weight is 155 g/mol. The van der Waals surface area contributed by atoms with E-state index < -0.39 is 0 Å². The van der Waals surface area contributed by atoms with Gasteiger partial charge in [-0.3, -0.25) is 0 Å². The van der Waals surface area contributed by atoms with Crippen LogP contribution in [0.15, 0.2) is 12.7 Å². The highest BCUT2D eigenvalue weighted by Gasteiger charge is 2.17. The van der Waals surface area contributed by atoms with E-state index in [2.05, 4.69) is 27.4 Å². The zero-order valence-corrected chi connectivity index (χ0v) is 8.01. The van der Waals surface area contributed by atoms with Gasteiger partial charge >= 0.3 is 0 Å². The van der Waals surface area contributed by atoms with Gasteiger partial charge < -0.3 is 5.73 Å². The lowest BCUT2D eigenvalue weighted by Gasteiger charge is -2.25. The molecule has 0 spiro atoms. The molecule has 11 heavy (non-hydrogen) atoms. The van der Waals surface area contributed by atoms with Gasteiger partial charge in [-0.15, -0.1) is 6.58 Å². The van der Waals surface area contributed by atoms with Crippen molar-refractivity contribution in [2.24, 2.45) is 17.6 Å². The normalized spacial score (nSPS) is 16.5. The Labute approximate surface area is 70.7 Å². The maximum Gasteiger partial charge on any atom is 0.00699 e. The molecular weight excluding hydrogens is 134 g/mol. The summed E-state index contributed by atoms with van der Waals surface area (Å²) in [6.45, 7) is 10.3. The number of hydrogen-bond donors (Lipinski definition) is 1. The molecule has 0 aromatic heterocycles. The summed E-state index contributed by atoms with van der Waals surface area (Å²) >= 11 is 0. The molecule has 0 bridgehead atoms. The Morgan fingerprint density at radius 1 is 1.45 bits per heavy atom. The van der Waals surface area contributed by atoms with E-state index in [-0.39, 0.29) is 0 Å². The molecule has 2 N–H and O–H groups in total. The molecule has 0 aliphatic rings. The highest BCUT2D eigenvalue weighted by molar-refractivity contribution is 4.81. The van der Waals surface area contributed by atoms with Gasteiger partial charge in [-0.05, 0) is 24.7 Å². The molecule has 0 saturated heterocycles. The topological polar surface area (TPSA) is 26.0 Å². The summed E-state index contributed by atoms with van der Waals surface area (Å²) in [6, 6.07) is 0.341. The highest BCUT2D eigenvalue weighted by Crippen LogP contribution is 2.20. The monoisotopic (exact) mass is 155 g/mol. The molecular formula is C10H21N. The van der Waals surface area contributed by atoms with Crippen LogP contribution in [0.4, 0.5) is 0 Å². The van der Waals surface area contributed by atoms with E-state index in [1.54, 1.807) is 0 Å². The minimum atomic E-state index is 0.341. The van der Waals surface area contributed by atoms with Crippen molar-refractivity contribution < 1.29 is 0 Å². The Balaban J connectivity index is 3.96. The van der Waals surface area contributed by atoms with Crippen LogP contribution in [0.1, 0.15) is 33.6 Å². The van der Waals surface area contributed by atoms with Crippen LogP contribution in [0.3, 0.4) is 0 Å². The number of hydrogen-bond acceptors (Lipinski definition) is 1. The first-order valence-electron chi connectivity index (χ1n) is 4.49. The predicted octanol–water partition coefficient (Wildman–Crippen LogP) is 2.57. The molecule has 0 aliphatic heterocycles. The van der Waals surface area contributed by atoms with Crippen LogP contribution >= 0.6 is 0 Å². The van der Waals surface area contributed by atoms with E-state index in [4.69, 9.17) is 5.73 Å². The maximum absolute atomic E-state index is 5.96. The summed E-state index contributed by atoms with van der Waals surface area (Å²) in [5, 5.41) is 0. The van der Waals surface area contributed by atoms with Gasteiger partial charge in [0.1, 0.15) is 0 Å². The lowest BCUT2D eigenvalue weighted by molar-refractivity contribution is 0.315. The Kier molecular flexibility index (Phi) is 5.22. The van der Waals surface area contributed by atoms with Crippen molar-refractivity contribution in [3.8, 4) is 0 Å². The Hall–Kier alpha value is -0.300. The summed E-state index contributed by atoms with van der Waals surface area (Å²) in [7, 11) is 0. The molecule has 0 rings (SSSR count). The molecule has 0 amide bonds. The van der Waals surface area contributed by atoms with Gasteiger partial charge in [0.05, 0.1) is 0 Å². The Morgan fingerprint density at radius 3 is 2.27 bits per heavy atom. The molecule has 0 saturated carbocycles. The van der Waals surface area contributed by atoms with Crippen LogP contribution < -0.4 is 5.73 Å². The maximum atomic E-state index is 5.96. The molecule has 66 valence electrons. The summed E-state index contributed by atoms with van der Waals surface area (Å²) < 4.78 is 0. The summed E-state index contributed by atoms with van der Waals surface area (Å²) in [5.74, 6) is 1.28.